The summed E-state index contributed by atoms with van der Waals surface area (Å²) in [6.07, 6.45) is 3.83. The number of carbonyl (C=O) groups is 1. The fraction of sp³-hybridized carbons (Fsp3) is 0.632. The third-order valence-corrected chi connectivity index (χ3v) is 5.05. The van der Waals surface area contributed by atoms with Gasteiger partial charge in [0, 0.05) is 18.6 Å². The number of benzene rings is 1. The van der Waals surface area contributed by atoms with Crippen molar-refractivity contribution in [1.29, 1.82) is 0 Å². The highest BCUT2D eigenvalue weighted by atomic mass is 35.5. The van der Waals surface area contributed by atoms with Gasteiger partial charge in [-0.25, -0.2) is 0 Å². The van der Waals surface area contributed by atoms with Crippen LogP contribution in [0, 0.1) is 12.8 Å². The van der Waals surface area contributed by atoms with Gasteiger partial charge in [0.2, 0.25) is 5.91 Å². The highest BCUT2D eigenvalue weighted by Crippen LogP contribution is 2.29. The Hall–Kier alpha value is -1.10. The average molecular weight is 353 g/mol. The zero-order valence-electron chi connectivity index (χ0n) is 14.6. The smallest absolute Gasteiger partial charge is 0.223 e. The maximum atomic E-state index is 12.6. The van der Waals surface area contributed by atoms with E-state index in [0.717, 1.165) is 38.8 Å². The largest absolute Gasteiger partial charge is 0.371 e. The first-order valence-corrected chi connectivity index (χ1v) is 8.85. The highest BCUT2D eigenvalue weighted by Gasteiger charge is 2.32. The van der Waals surface area contributed by atoms with Gasteiger partial charge in [0.1, 0.15) is 6.10 Å². The molecular formula is C19H29ClN2O2. The van der Waals surface area contributed by atoms with E-state index < -0.39 is 0 Å². The van der Waals surface area contributed by atoms with Crippen LogP contribution in [0.4, 0.5) is 0 Å². The van der Waals surface area contributed by atoms with Gasteiger partial charge < -0.3 is 15.4 Å². The lowest BCUT2D eigenvalue weighted by molar-refractivity contribution is -0.129. The Balaban J connectivity index is 0.00000208. The van der Waals surface area contributed by atoms with Gasteiger partial charge in [0.25, 0.3) is 0 Å². The standard InChI is InChI=1S/C19H28N2O2.ClH/c1-13-5-7-15(8-6-13)18-17(4-3-11-23-18)21-19(22)16-9-10-20-14(2)12-16;/h5-8,14,16-18,20H,3-4,9-12H2,1-2H3,(H,21,22);1H/t14-,16-,17?,18?;/m0./s1. The fourth-order valence-electron chi connectivity index (χ4n) is 3.68. The molecule has 1 aromatic carbocycles. The number of amides is 1. The van der Waals surface area contributed by atoms with Crippen LogP contribution in [0.15, 0.2) is 24.3 Å². The molecule has 0 bridgehead atoms. The predicted molar refractivity (Wildman–Crippen MR) is 98.5 cm³/mol. The molecule has 2 aliphatic rings. The van der Waals surface area contributed by atoms with E-state index in [1.165, 1.54) is 11.1 Å². The number of piperidine rings is 1. The van der Waals surface area contributed by atoms with Gasteiger partial charge >= 0.3 is 0 Å². The van der Waals surface area contributed by atoms with Gasteiger partial charge in [-0.05, 0) is 51.6 Å². The van der Waals surface area contributed by atoms with E-state index in [1.807, 2.05) is 0 Å². The minimum atomic E-state index is -0.0209. The van der Waals surface area contributed by atoms with Crippen LogP contribution < -0.4 is 10.6 Å². The summed E-state index contributed by atoms with van der Waals surface area (Å²) in [4.78, 5) is 12.6. The van der Waals surface area contributed by atoms with Crippen LogP contribution in [0.5, 0.6) is 0 Å². The molecule has 0 radical (unpaired) electrons. The molecule has 3 rings (SSSR count). The second-order valence-electron chi connectivity index (χ2n) is 7.04. The van der Waals surface area contributed by atoms with E-state index in [1.54, 1.807) is 0 Å². The summed E-state index contributed by atoms with van der Waals surface area (Å²) in [5.41, 5.74) is 2.41. The number of halogens is 1. The van der Waals surface area contributed by atoms with Crippen molar-refractivity contribution in [2.45, 2.75) is 57.7 Å². The Morgan fingerprint density at radius 3 is 2.71 bits per heavy atom. The molecule has 2 fully saturated rings. The van der Waals surface area contributed by atoms with Crippen molar-refractivity contribution in [1.82, 2.24) is 10.6 Å². The number of nitrogens with one attached hydrogen (secondary N) is 2. The summed E-state index contributed by atoms with van der Waals surface area (Å²) < 4.78 is 6.00. The Kier molecular flexibility index (Phi) is 7.08. The Bertz CT molecular complexity index is 535. The third-order valence-electron chi connectivity index (χ3n) is 5.05. The van der Waals surface area contributed by atoms with Gasteiger partial charge in [-0.3, -0.25) is 4.79 Å². The zero-order valence-corrected chi connectivity index (χ0v) is 15.4. The van der Waals surface area contributed by atoms with Crippen molar-refractivity contribution >= 4 is 18.3 Å². The van der Waals surface area contributed by atoms with E-state index >= 15 is 0 Å². The molecule has 1 aromatic rings. The van der Waals surface area contributed by atoms with Gasteiger partial charge in [-0.1, -0.05) is 29.8 Å². The summed E-state index contributed by atoms with van der Waals surface area (Å²) in [6.45, 7) is 5.94. The fourth-order valence-corrected chi connectivity index (χ4v) is 3.68. The number of rotatable bonds is 3. The molecule has 2 aliphatic heterocycles. The first-order valence-electron chi connectivity index (χ1n) is 8.85. The van der Waals surface area contributed by atoms with E-state index in [9.17, 15) is 4.79 Å². The molecule has 1 amide bonds. The van der Waals surface area contributed by atoms with Crippen LogP contribution in [0.1, 0.15) is 49.8 Å². The van der Waals surface area contributed by atoms with Crippen LogP contribution in [0.2, 0.25) is 0 Å². The highest BCUT2D eigenvalue weighted by molar-refractivity contribution is 5.85. The molecule has 0 aliphatic carbocycles. The first kappa shape index (κ1) is 19.2. The average Bonchev–Trinajstić information content (AvgIpc) is 2.56. The van der Waals surface area contributed by atoms with E-state index in [-0.39, 0.29) is 36.4 Å². The van der Waals surface area contributed by atoms with Crippen LogP contribution in [-0.2, 0) is 9.53 Å². The van der Waals surface area contributed by atoms with Crippen LogP contribution in [0.25, 0.3) is 0 Å². The Labute approximate surface area is 151 Å². The lowest BCUT2D eigenvalue weighted by atomic mass is 9.90. The van der Waals surface area contributed by atoms with E-state index in [2.05, 4.69) is 48.7 Å². The van der Waals surface area contributed by atoms with Gasteiger partial charge in [0.05, 0.1) is 6.04 Å². The number of ether oxygens (including phenoxy) is 1. The second kappa shape index (κ2) is 8.84. The number of carbonyl (C=O) groups excluding carboxylic acids is 1. The number of aryl methyl sites for hydroxylation is 1. The Morgan fingerprint density at radius 2 is 2.00 bits per heavy atom. The summed E-state index contributed by atoms with van der Waals surface area (Å²) in [5.74, 6) is 0.331. The molecule has 4 nitrogen and oxygen atoms in total. The lowest BCUT2D eigenvalue weighted by Crippen LogP contribution is -2.48. The van der Waals surface area contributed by atoms with E-state index in [4.69, 9.17) is 4.74 Å². The SMILES string of the molecule is Cc1ccc(C2OCCCC2NC(=O)[C@H]2CCN[C@@H](C)C2)cc1.Cl. The second-order valence-corrected chi connectivity index (χ2v) is 7.04. The molecule has 134 valence electrons. The molecular weight excluding hydrogens is 324 g/mol. The quantitative estimate of drug-likeness (QED) is 0.878. The van der Waals surface area contributed by atoms with Crippen LogP contribution in [-0.4, -0.2) is 31.1 Å². The van der Waals surface area contributed by atoms with Crippen LogP contribution in [0.3, 0.4) is 0 Å². The maximum absolute atomic E-state index is 12.6. The molecule has 0 spiro atoms. The molecule has 0 saturated carbocycles. The van der Waals surface area contributed by atoms with Gasteiger partial charge in [-0.15, -0.1) is 12.4 Å². The molecule has 2 unspecified atom stereocenters. The van der Waals surface area contributed by atoms with Gasteiger partial charge in [-0.2, -0.15) is 0 Å². The molecule has 0 aromatic heterocycles. The van der Waals surface area contributed by atoms with Crippen molar-refractivity contribution in [3.63, 3.8) is 0 Å². The normalized spacial score (nSPS) is 30.2. The summed E-state index contributed by atoms with van der Waals surface area (Å²) >= 11 is 0. The predicted octanol–water partition coefficient (Wildman–Crippen LogP) is 3.14. The summed E-state index contributed by atoms with van der Waals surface area (Å²) in [5, 5.41) is 6.69. The molecule has 2 saturated heterocycles. The molecule has 24 heavy (non-hydrogen) atoms. The van der Waals surface area contributed by atoms with Gasteiger partial charge in [0.15, 0.2) is 0 Å². The minimum absolute atomic E-state index is 0. The van der Waals surface area contributed by atoms with E-state index in [0.29, 0.717) is 6.04 Å². The summed E-state index contributed by atoms with van der Waals surface area (Å²) in [7, 11) is 0. The Morgan fingerprint density at radius 1 is 1.25 bits per heavy atom. The van der Waals surface area contributed by atoms with Crippen LogP contribution >= 0.6 is 12.4 Å². The topological polar surface area (TPSA) is 50.4 Å². The molecule has 4 atom stereocenters. The van der Waals surface area contributed by atoms with Crippen molar-refractivity contribution in [2.24, 2.45) is 5.92 Å². The van der Waals surface area contributed by atoms with Crippen molar-refractivity contribution in [2.75, 3.05) is 13.2 Å². The van der Waals surface area contributed by atoms with Crippen molar-refractivity contribution < 1.29 is 9.53 Å². The number of hydrogen-bond donors (Lipinski definition) is 2. The van der Waals surface area contributed by atoms with Crippen molar-refractivity contribution in [3.8, 4) is 0 Å². The lowest BCUT2D eigenvalue weighted by Gasteiger charge is -2.35. The molecule has 2 heterocycles. The minimum Gasteiger partial charge on any atom is -0.371 e. The molecule has 5 heteroatoms. The maximum Gasteiger partial charge on any atom is 0.223 e. The first-order chi connectivity index (χ1) is 11.1. The number of hydrogen-bond acceptors (Lipinski definition) is 3. The molecule has 2 N–H and O–H groups in total. The zero-order chi connectivity index (χ0) is 16.2. The monoisotopic (exact) mass is 352 g/mol. The van der Waals surface area contributed by atoms with Crippen molar-refractivity contribution in [3.05, 3.63) is 35.4 Å². The third kappa shape index (κ3) is 4.71. The summed E-state index contributed by atoms with van der Waals surface area (Å²) in [6, 6.07) is 8.98.